The van der Waals surface area contributed by atoms with Gasteiger partial charge in [0.25, 0.3) is 0 Å². The number of likely N-dealkylation sites (tertiary alicyclic amines) is 1. The Bertz CT molecular complexity index is 1070. The van der Waals surface area contributed by atoms with Crippen LogP contribution in [0.3, 0.4) is 0 Å². The van der Waals surface area contributed by atoms with Crippen molar-refractivity contribution in [1.29, 1.82) is 0 Å². The van der Waals surface area contributed by atoms with E-state index in [2.05, 4.69) is 9.88 Å². The van der Waals surface area contributed by atoms with Crippen LogP contribution in [0.25, 0.3) is 0 Å². The molecule has 4 rings (SSSR count). The van der Waals surface area contributed by atoms with Crippen molar-refractivity contribution >= 4 is 11.9 Å². The molecule has 2 fully saturated rings. The van der Waals surface area contributed by atoms with Crippen molar-refractivity contribution in [3.05, 3.63) is 65.7 Å². The topological polar surface area (TPSA) is 109 Å². The summed E-state index contributed by atoms with van der Waals surface area (Å²) in [5.41, 5.74) is 1.85. The number of hydrogen-bond acceptors (Lipinski definition) is 6. The number of pyridine rings is 1. The lowest BCUT2D eigenvalue weighted by molar-refractivity contribution is -0.193. The molecule has 8 nitrogen and oxygen atoms in total. The molecule has 0 radical (unpaired) electrons. The van der Waals surface area contributed by atoms with Crippen LogP contribution in [0.15, 0.2) is 48.8 Å². The van der Waals surface area contributed by atoms with Crippen molar-refractivity contribution in [3.8, 4) is 0 Å². The largest absolute Gasteiger partial charge is 0.490 e. The van der Waals surface area contributed by atoms with E-state index in [1.165, 1.54) is 6.07 Å². The van der Waals surface area contributed by atoms with E-state index < -0.39 is 24.3 Å². The molecule has 1 atom stereocenters. The van der Waals surface area contributed by atoms with E-state index in [0.29, 0.717) is 19.8 Å². The number of nitrogens with zero attached hydrogens (tertiary/aromatic N) is 2. The fourth-order valence-electron chi connectivity index (χ4n) is 3.94. The Morgan fingerprint density at radius 2 is 1.50 bits per heavy atom. The highest BCUT2D eigenvalue weighted by atomic mass is 19.4. The molecule has 0 amide bonds. The number of piperidine rings is 1. The van der Waals surface area contributed by atoms with Crippen molar-refractivity contribution in [2.24, 2.45) is 0 Å². The van der Waals surface area contributed by atoms with Gasteiger partial charge in [0.1, 0.15) is 5.82 Å². The lowest BCUT2D eigenvalue weighted by Gasteiger charge is -2.38. The normalized spacial score (nSPS) is 18.7. The van der Waals surface area contributed by atoms with E-state index in [0.717, 1.165) is 43.5 Å². The summed E-state index contributed by atoms with van der Waals surface area (Å²) < 4.78 is 89.5. The minimum Gasteiger partial charge on any atom is -0.475 e. The van der Waals surface area contributed by atoms with Crippen molar-refractivity contribution in [3.63, 3.8) is 0 Å². The summed E-state index contributed by atoms with van der Waals surface area (Å²) >= 11 is 0. The van der Waals surface area contributed by atoms with Crippen LogP contribution >= 0.6 is 0 Å². The Morgan fingerprint density at radius 1 is 0.975 bits per heavy atom. The van der Waals surface area contributed by atoms with Gasteiger partial charge in [-0.05, 0) is 36.6 Å². The molecule has 15 heteroatoms. The highest BCUT2D eigenvalue weighted by Gasteiger charge is 2.43. The summed E-state index contributed by atoms with van der Waals surface area (Å²) in [5.74, 6) is -5.63. The number of aromatic nitrogens is 1. The van der Waals surface area contributed by atoms with E-state index >= 15 is 0 Å². The van der Waals surface area contributed by atoms with Gasteiger partial charge in [0, 0.05) is 44.0 Å². The average molecular weight is 584 g/mol. The number of aliphatic carboxylic acids is 2. The Hall–Kier alpha value is -3.30. The first-order chi connectivity index (χ1) is 18.6. The molecular weight excluding hydrogens is 557 g/mol. The fourth-order valence-corrected chi connectivity index (χ4v) is 3.94. The lowest BCUT2D eigenvalue weighted by Crippen LogP contribution is -2.44. The summed E-state index contributed by atoms with van der Waals surface area (Å²) in [7, 11) is 0. The first-order valence-corrected chi connectivity index (χ1v) is 11.8. The Labute approximate surface area is 224 Å². The maximum Gasteiger partial charge on any atom is 0.490 e. The first kappa shape index (κ1) is 32.9. The number of rotatable bonds is 5. The molecular formula is C25H27F7N2O6. The second-order valence-electron chi connectivity index (χ2n) is 8.96. The van der Waals surface area contributed by atoms with Gasteiger partial charge in [-0.25, -0.2) is 14.0 Å². The van der Waals surface area contributed by atoms with E-state index in [-0.39, 0.29) is 17.5 Å². The van der Waals surface area contributed by atoms with Crippen LogP contribution in [0.5, 0.6) is 0 Å². The highest BCUT2D eigenvalue weighted by molar-refractivity contribution is 5.73. The fraction of sp³-hybridized carbons (Fsp3) is 0.480. The quantitative estimate of drug-likeness (QED) is 0.482. The minimum absolute atomic E-state index is 0.0609. The number of carbonyl (C=O) groups is 2. The summed E-state index contributed by atoms with van der Waals surface area (Å²) in [5, 5.41) is 14.2. The lowest BCUT2D eigenvalue weighted by atomic mass is 9.88. The Balaban J connectivity index is 0.000000333. The molecule has 1 aromatic heterocycles. The number of hydrogen-bond donors (Lipinski definition) is 2. The maximum atomic E-state index is 13.8. The summed E-state index contributed by atoms with van der Waals surface area (Å²) in [4.78, 5) is 24.1. The van der Waals surface area contributed by atoms with Crippen LogP contribution in [0.4, 0.5) is 30.7 Å². The monoisotopic (exact) mass is 584 g/mol. The number of carboxylic acids is 2. The van der Waals surface area contributed by atoms with Gasteiger partial charge in [0.15, 0.2) is 0 Å². The van der Waals surface area contributed by atoms with Crippen LogP contribution in [-0.4, -0.2) is 75.8 Å². The van der Waals surface area contributed by atoms with Gasteiger partial charge < -0.3 is 19.7 Å². The van der Waals surface area contributed by atoms with Crippen molar-refractivity contribution in [2.75, 3.05) is 19.7 Å². The molecule has 1 unspecified atom stereocenters. The predicted octanol–water partition coefficient (Wildman–Crippen LogP) is 4.83. The van der Waals surface area contributed by atoms with Gasteiger partial charge in [-0.1, -0.05) is 18.2 Å². The van der Waals surface area contributed by atoms with Gasteiger partial charge in [-0.2, -0.15) is 26.3 Å². The number of benzene rings is 1. The van der Waals surface area contributed by atoms with Gasteiger partial charge in [-0.3, -0.25) is 9.88 Å². The zero-order valence-electron chi connectivity index (χ0n) is 20.9. The molecule has 0 saturated carbocycles. The third kappa shape index (κ3) is 11.1. The molecule has 0 bridgehead atoms. The zero-order valence-corrected chi connectivity index (χ0v) is 20.9. The van der Waals surface area contributed by atoms with Crippen LogP contribution in [0, 0.1) is 5.82 Å². The second kappa shape index (κ2) is 14.4. The van der Waals surface area contributed by atoms with Crippen LogP contribution in [0.1, 0.15) is 30.4 Å². The van der Waals surface area contributed by atoms with E-state index in [9.17, 15) is 30.7 Å². The number of carboxylic acid groups (broad SMARTS) is 2. The van der Waals surface area contributed by atoms with Crippen LogP contribution < -0.4 is 0 Å². The maximum absolute atomic E-state index is 13.8. The molecule has 2 aliphatic heterocycles. The Morgan fingerprint density at radius 3 is 2.00 bits per heavy atom. The summed E-state index contributed by atoms with van der Waals surface area (Å²) in [6, 6.07) is 11.0. The molecule has 2 aromatic rings. The molecule has 1 aromatic carbocycles. The second-order valence-corrected chi connectivity index (χ2v) is 8.96. The van der Waals surface area contributed by atoms with Gasteiger partial charge in [-0.15, -0.1) is 0 Å². The van der Waals surface area contributed by atoms with Crippen molar-refractivity contribution in [1.82, 2.24) is 9.88 Å². The van der Waals surface area contributed by atoms with Gasteiger partial charge >= 0.3 is 24.3 Å². The first-order valence-electron chi connectivity index (χ1n) is 11.8. The smallest absolute Gasteiger partial charge is 0.475 e. The molecule has 3 heterocycles. The number of ether oxygens (including phenoxy) is 2. The average Bonchev–Trinajstić information content (AvgIpc) is 3.28. The van der Waals surface area contributed by atoms with Crippen LogP contribution in [-0.2, 0) is 32.2 Å². The third-order valence-electron chi connectivity index (χ3n) is 6.01. The Kier molecular flexibility index (Phi) is 11.8. The summed E-state index contributed by atoms with van der Waals surface area (Å²) in [6.07, 6.45) is -3.52. The highest BCUT2D eigenvalue weighted by Crippen LogP contribution is 2.37. The third-order valence-corrected chi connectivity index (χ3v) is 6.01. The SMILES string of the molecule is Fc1ccccc1CN1CCC2(CC1)CC(OCc1ccncc1)CO2.O=C(O)C(F)(F)F.O=C(O)C(F)(F)F. The van der Waals surface area contributed by atoms with Gasteiger partial charge in [0.05, 0.1) is 24.9 Å². The molecule has 2 N–H and O–H groups in total. The predicted molar refractivity (Wildman–Crippen MR) is 124 cm³/mol. The van der Waals surface area contributed by atoms with Crippen molar-refractivity contribution < 1.29 is 60.0 Å². The molecule has 0 aliphatic carbocycles. The molecule has 1 spiro atoms. The van der Waals surface area contributed by atoms with E-state index in [1.807, 2.05) is 24.3 Å². The van der Waals surface area contributed by atoms with Crippen LogP contribution in [0.2, 0.25) is 0 Å². The van der Waals surface area contributed by atoms with Gasteiger partial charge in [0.2, 0.25) is 0 Å². The van der Waals surface area contributed by atoms with E-state index in [4.69, 9.17) is 29.3 Å². The standard InChI is InChI=1S/C21H25FN2O2.2C2HF3O2/c22-20-4-2-1-3-18(20)14-24-11-7-21(8-12-24)13-19(16-26-21)25-15-17-5-9-23-10-6-17;2*3-2(4,5)1(6)7/h1-6,9-10,19H,7-8,11-16H2;2*(H,6,7). The minimum atomic E-state index is -5.08. The molecule has 222 valence electrons. The zero-order chi connectivity index (χ0) is 30.0. The van der Waals surface area contributed by atoms with E-state index in [1.54, 1.807) is 18.5 Å². The summed E-state index contributed by atoms with van der Waals surface area (Å²) in [6.45, 7) is 3.81. The van der Waals surface area contributed by atoms with Crippen molar-refractivity contribution in [2.45, 2.75) is 56.5 Å². The number of alkyl halides is 6. The molecule has 40 heavy (non-hydrogen) atoms. The molecule has 2 aliphatic rings. The molecule has 2 saturated heterocycles. The number of halogens is 7.